The van der Waals surface area contributed by atoms with Crippen LogP contribution in [-0.4, -0.2) is 49.9 Å². The van der Waals surface area contributed by atoms with Crippen LogP contribution in [0.4, 0.5) is 5.69 Å². The molecule has 1 saturated heterocycles. The fourth-order valence-electron chi connectivity index (χ4n) is 2.63. The molecule has 1 aliphatic heterocycles. The van der Waals surface area contributed by atoms with Crippen molar-refractivity contribution in [2.24, 2.45) is 5.92 Å². The fraction of sp³-hybridized carbons (Fsp3) is 0.471. The van der Waals surface area contributed by atoms with Crippen LogP contribution < -0.4 is 4.90 Å². The molecule has 1 fully saturated rings. The summed E-state index contributed by atoms with van der Waals surface area (Å²) in [6.07, 6.45) is 0.644. The molecule has 0 aromatic heterocycles. The number of ether oxygens (including phenoxy) is 1. The van der Waals surface area contributed by atoms with Gasteiger partial charge in [-0.1, -0.05) is 12.1 Å². The minimum absolute atomic E-state index is 0.146. The third kappa shape index (κ3) is 4.09. The van der Waals surface area contributed by atoms with E-state index in [9.17, 15) is 14.4 Å². The van der Waals surface area contributed by atoms with Gasteiger partial charge in [-0.2, -0.15) is 0 Å². The van der Waals surface area contributed by atoms with Gasteiger partial charge in [0.25, 0.3) is 0 Å². The second-order valence-electron chi connectivity index (χ2n) is 5.79. The zero-order valence-corrected chi connectivity index (χ0v) is 13.7. The molecule has 0 N–H and O–H groups in total. The highest BCUT2D eigenvalue weighted by Gasteiger charge is 2.39. The summed E-state index contributed by atoms with van der Waals surface area (Å²) < 4.78 is 4.80. The molecule has 6 heteroatoms. The van der Waals surface area contributed by atoms with Crippen molar-refractivity contribution in [3.8, 4) is 0 Å². The van der Waals surface area contributed by atoms with Crippen LogP contribution in [0.15, 0.2) is 24.3 Å². The first-order chi connectivity index (χ1) is 10.9. The second kappa shape index (κ2) is 7.26. The Morgan fingerprint density at radius 2 is 1.91 bits per heavy atom. The van der Waals surface area contributed by atoms with Crippen molar-refractivity contribution >= 4 is 23.5 Å². The Morgan fingerprint density at radius 1 is 1.26 bits per heavy atom. The highest BCUT2D eigenvalue weighted by molar-refractivity contribution is 6.05. The van der Waals surface area contributed by atoms with Gasteiger partial charge in [-0.15, -0.1) is 0 Å². The first kappa shape index (κ1) is 17.0. The van der Waals surface area contributed by atoms with E-state index in [-0.39, 0.29) is 31.4 Å². The van der Waals surface area contributed by atoms with Gasteiger partial charge in [0, 0.05) is 26.2 Å². The van der Waals surface area contributed by atoms with E-state index in [1.54, 1.807) is 6.92 Å². The van der Waals surface area contributed by atoms with Gasteiger partial charge in [0.15, 0.2) is 0 Å². The summed E-state index contributed by atoms with van der Waals surface area (Å²) in [5, 5.41) is 0. The molecule has 1 aliphatic rings. The lowest BCUT2D eigenvalue weighted by molar-refractivity contribution is -0.152. The van der Waals surface area contributed by atoms with Gasteiger partial charge < -0.3 is 9.64 Å². The number of rotatable bonds is 6. The number of likely N-dealkylation sites (tertiary alicyclic amines) is 1. The van der Waals surface area contributed by atoms with Crippen LogP contribution in [-0.2, 0) is 25.5 Å². The Bertz CT molecular complexity index is 595. The molecule has 0 radical (unpaired) electrons. The summed E-state index contributed by atoms with van der Waals surface area (Å²) in [6.45, 7) is 1.63. The molecule has 0 aliphatic carbocycles. The molecule has 1 heterocycles. The fourth-order valence-corrected chi connectivity index (χ4v) is 2.63. The summed E-state index contributed by atoms with van der Waals surface area (Å²) in [6, 6.07) is 7.88. The number of hydrogen-bond acceptors (Lipinski definition) is 5. The van der Waals surface area contributed by atoms with Crippen LogP contribution in [0.25, 0.3) is 0 Å². The monoisotopic (exact) mass is 318 g/mol. The number of anilines is 1. The van der Waals surface area contributed by atoms with Crippen molar-refractivity contribution in [3.05, 3.63) is 29.8 Å². The Kier molecular flexibility index (Phi) is 5.36. The average molecular weight is 318 g/mol. The molecule has 1 unspecified atom stereocenters. The number of imide groups is 1. The second-order valence-corrected chi connectivity index (χ2v) is 5.79. The van der Waals surface area contributed by atoms with Crippen LogP contribution in [0.1, 0.15) is 18.9 Å². The van der Waals surface area contributed by atoms with Gasteiger partial charge in [-0.05, 0) is 31.0 Å². The van der Waals surface area contributed by atoms with Crippen molar-refractivity contribution < 1.29 is 19.1 Å². The van der Waals surface area contributed by atoms with E-state index >= 15 is 0 Å². The molecule has 2 rings (SSSR count). The minimum Gasteiger partial charge on any atom is -0.465 e. The number of amides is 2. The summed E-state index contributed by atoms with van der Waals surface area (Å²) in [5.74, 6) is -1.55. The highest BCUT2D eigenvalue weighted by atomic mass is 16.5. The first-order valence-corrected chi connectivity index (χ1v) is 7.68. The van der Waals surface area contributed by atoms with Gasteiger partial charge in [0.1, 0.15) is 6.54 Å². The summed E-state index contributed by atoms with van der Waals surface area (Å²) >= 11 is 0. The topological polar surface area (TPSA) is 66.9 Å². The van der Waals surface area contributed by atoms with Gasteiger partial charge >= 0.3 is 5.97 Å². The zero-order chi connectivity index (χ0) is 17.0. The maximum atomic E-state index is 12.3. The van der Waals surface area contributed by atoms with Crippen molar-refractivity contribution in [1.29, 1.82) is 0 Å². The standard InChI is InChI=1S/C17H22N2O4/c1-4-23-16(21)11-19-15(20)10-13(17(19)22)9-12-5-7-14(8-6-12)18(2)3/h5-8,13H,4,9-11H2,1-3H3. The largest absolute Gasteiger partial charge is 0.465 e. The predicted molar refractivity (Wildman–Crippen MR) is 85.9 cm³/mol. The Morgan fingerprint density at radius 3 is 2.48 bits per heavy atom. The first-order valence-electron chi connectivity index (χ1n) is 7.68. The number of carbonyl (C=O) groups is 3. The van der Waals surface area contributed by atoms with E-state index in [0.29, 0.717) is 6.42 Å². The van der Waals surface area contributed by atoms with Crippen LogP contribution in [0.5, 0.6) is 0 Å². The number of hydrogen-bond donors (Lipinski definition) is 0. The van der Waals surface area contributed by atoms with E-state index in [1.165, 1.54) is 0 Å². The predicted octanol–water partition coefficient (Wildman–Crippen LogP) is 1.23. The maximum absolute atomic E-state index is 12.3. The van der Waals surface area contributed by atoms with E-state index in [0.717, 1.165) is 16.2 Å². The number of carbonyl (C=O) groups excluding carboxylic acids is 3. The smallest absolute Gasteiger partial charge is 0.326 e. The SMILES string of the molecule is CCOC(=O)CN1C(=O)CC(Cc2ccc(N(C)C)cc2)C1=O. The van der Waals surface area contributed by atoms with E-state index < -0.39 is 11.9 Å². The van der Waals surface area contributed by atoms with E-state index in [4.69, 9.17) is 4.74 Å². The highest BCUT2D eigenvalue weighted by Crippen LogP contribution is 2.24. The quantitative estimate of drug-likeness (QED) is 0.583. The Labute approximate surface area is 136 Å². The normalized spacial score (nSPS) is 17.5. The Balaban J connectivity index is 2.00. The molecular weight excluding hydrogens is 296 g/mol. The minimum atomic E-state index is -0.551. The molecule has 0 spiro atoms. The molecule has 23 heavy (non-hydrogen) atoms. The number of nitrogens with zero attached hydrogens (tertiary/aromatic N) is 2. The molecule has 124 valence electrons. The number of benzene rings is 1. The summed E-state index contributed by atoms with van der Waals surface area (Å²) in [5.41, 5.74) is 2.08. The lowest BCUT2D eigenvalue weighted by Gasteiger charge is -2.15. The van der Waals surface area contributed by atoms with E-state index in [1.807, 2.05) is 43.3 Å². The molecule has 2 amide bonds. The van der Waals surface area contributed by atoms with Crippen LogP contribution >= 0.6 is 0 Å². The molecule has 0 bridgehead atoms. The lowest BCUT2D eigenvalue weighted by Crippen LogP contribution is -2.36. The summed E-state index contributed by atoms with van der Waals surface area (Å²) in [4.78, 5) is 38.8. The van der Waals surface area contributed by atoms with Crippen LogP contribution in [0, 0.1) is 5.92 Å². The Hall–Kier alpha value is -2.37. The summed E-state index contributed by atoms with van der Waals surface area (Å²) in [7, 11) is 3.92. The van der Waals surface area contributed by atoms with Gasteiger partial charge in [-0.3, -0.25) is 19.3 Å². The van der Waals surface area contributed by atoms with Gasteiger partial charge in [-0.25, -0.2) is 0 Å². The zero-order valence-electron chi connectivity index (χ0n) is 13.7. The average Bonchev–Trinajstić information content (AvgIpc) is 2.76. The van der Waals surface area contributed by atoms with Crippen LogP contribution in [0.3, 0.4) is 0 Å². The van der Waals surface area contributed by atoms with Crippen molar-refractivity contribution in [1.82, 2.24) is 4.90 Å². The van der Waals surface area contributed by atoms with E-state index in [2.05, 4.69) is 0 Å². The molecular formula is C17H22N2O4. The molecule has 0 saturated carbocycles. The lowest BCUT2D eigenvalue weighted by atomic mass is 9.98. The van der Waals surface area contributed by atoms with Gasteiger partial charge in [0.2, 0.25) is 11.8 Å². The maximum Gasteiger partial charge on any atom is 0.326 e. The van der Waals surface area contributed by atoms with Crippen molar-refractivity contribution in [3.63, 3.8) is 0 Å². The van der Waals surface area contributed by atoms with Crippen molar-refractivity contribution in [2.45, 2.75) is 19.8 Å². The molecule has 1 aromatic rings. The third-order valence-corrected chi connectivity index (χ3v) is 3.86. The molecule has 1 aromatic carbocycles. The van der Waals surface area contributed by atoms with Crippen LogP contribution in [0.2, 0.25) is 0 Å². The van der Waals surface area contributed by atoms with Crippen molar-refractivity contribution in [2.75, 3.05) is 32.1 Å². The van der Waals surface area contributed by atoms with Gasteiger partial charge in [0.05, 0.1) is 12.5 Å². The molecule has 6 nitrogen and oxygen atoms in total. The molecule has 1 atom stereocenters. The number of esters is 1. The third-order valence-electron chi connectivity index (χ3n) is 3.86.